The fraction of sp³-hybridized carbons (Fsp3) is 0.167. The molecule has 1 aromatic heterocycles. The third-order valence-electron chi connectivity index (χ3n) is 4.12. The van der Waals surface area contributed by atoms with E-state index in [9.17, 15) is 14.4 Å². The van der Waals surface area contributed by atoms with Gasteiger partial charge in [0.05, 0.1) is 10.9 Å². The highest BCUT2D eigenvalue weighted by Crippen LogP contribution is 2.21. The van der Waals surface area contributed by atoms with Crippen LogP contribution in [0.3, 0.4) is 0 Å². The highest BCUT2D eigenvalue weighted by molar-refractivity contribution is 5.77. The van der Waals surface area contributed by atoms with Crippen molar-refractivity contribution in [3.05, 3.63) is 81.0 Å². The molecule has 7 heteroatoms. The molecule has 1 heterocycles. The first-order valence-electron chi connectivity index (χ1n) is 7.80. The fourth-order valence-electron chi connectivity index (χ4n) is 2.87. The smallest absolute Gasteiger partial charge is 0.307 e. The second-order valence-electron chi connectivity index (χ2n) is 5.74. The summed E-state index contributed by atoms with van der Waals surface area (Å²) in [5, 5.41) is 9.21. The number of carbonyl (C=O) groups is 1. The molecule has 0 bridgehead atoms. The van der Waals surface area contributed by atoms with Crippen LogP contribution in [-0.2, 0) is 11.3 Å². The minimum atomic E-state index is -0.584. The maximum absolute atomic E-state index is 12.7. The van der Waals surface area contributed by atoms with Crippen LogP contribution in [0.15, 0.2) is 64.2 Å². The Labute approximate surface area is 142 Å². The Bertz CT molecular complexity index is 1010. The zero-order chi connectivity index (χ0) is 17.8. The van der Waals surface area contributed by atoms with Gasteiger partial charge < -0.3 is 4.98 Å². The first-order chi connectivity index (χ1) is 12.1. The number of hydrogen-bond donors (Lipinski definition) is 3. The number of aromatic amines is 1. The molecule has 2 aromatic carbocycles. The molecule has 0 aliphatic carbocycles. The Morgan fingerprint density at radius 3 is 2.48 bits per heavy atom. The van der Waals surface area contributed by atoms with E-state index in [-0.39, 0.29) is 13.0 Å². The van der Waals surface area contributed by atoms with Crippen molar-refractivity contribution in [2.24, 2.45) is 0 Å². The average Bonchev–Trinajstić information content (AvgIpc) is 2.64. The van der Waals surface area contributed by atoms with Gasteiger partial charge >= 0.3 is 5.69 Å². The quantitative estimate of drug-likeness (QED) is 0.482. The van der Waals surface area contributed by atoms with Gasteiger partial charge in [0.2, 0.25) is 5.91 Å². The molecular weight excluding hydrogens is 322 g/mol. The van der Waals surface area contributed by atoms with Crippen LogP contribution in [0.2, 0.25) is 0 Å². The van der Waals surface area contributed by atoms with E-state index >= 15 is 0 Å². The van der Waals surface area contributed by atoms with Gasteiger partial charge in [-0.3, -0.25) is 19.4 Å². The molecule has 0 radical (unpaired) electrons. The second-order valence-corrected chi connectivity index (χ2v) is 5.74. The first kappa shape index (κ1) is 16.7. The van der Waals surface area contributed by atoms with Gasteiger partial charge in [-0.25, -0.2) is 10.3 Å². The van der Waals surface area contributed by atoms with Crippen LogP contribution in [0.1, 0.15) is 17.9 Å². The molecule has 0 fully saturated rings. The number of carbonyl (C=O) groups excluding carboxylic acids is 1. The minimum absolute atomic E-state index is 0.0242. The van der Waals surface area contributed by atoms with Crippen LogP contribution in [-0.4, -0.2) is 20.7 Å². The summed E-state index contributed by atoms with van der Waals surface area (Å²) in [7, 11) is 0. The number of para-hydroxylation sites is 1. The van der Waals surface area contributed by atoms with Crippen LogP contribution in [0.4, 0.5) is 0 Å². The Kier molecular flexibility index (Phi) is 4.76. The third kappa shape index (κ3) is 3.51. The number of amides is 1. The number of benzene rings is 2. The minimum Gasteiger partial charge on any atom is -0.307 e. The van der Waals surface area contributed by atoms with Gasteiger partial charge in [-0.05, 0) is 17.7 Å². The van der Waals surface area contributed by atoms with Crippen molar-refractivity contribution in [1.82, 2.24) is 15.0 Å². The SMILES string of the molecule is O=C(CC(Cn1c(=O)[nH]c2ccccc2c1=O)c1ccccc1)NO. The van der Waals surface area contributed by atoms with E-state index in [1.807, 2.05) is 30.3 Å². The van der Waals surface area contributed by atoms with E-state index < -0.39 is 23.1 Å². The molecular formula is C18H17N3O4. The van der Waals surface area contributed by atoms with Crippen LogP contribution < -0.4 is 16.7 Å². The molecule has 1 amide bonds. The van der Waals surface area contributed by atoms with E-state index in [0.717, 1.165) is 10.1 Å². The number of fused-ring (bicyclic) bond motifs is 1. The highest BCUT2D eigenvalue weighted by Gasteiger charge is 2.19. The summed E-state index contributed by atoms with van der Waals surface area (Å²) in [6, 6.07) is 15.9. The van der Waals surface area contributed by atoms with Crippen LogP contribution in [0, 0.1) is 0 Å². The molecule has 0 spiro atoms. The van der Waals surface area contributed by atoms with Gasteiger partial charge in [-0.1, -0.05) is 42.5 Å². The number of aromatic nitrogens is 2. The molecule has 3 aromatic rings. The number of nitrogens with one attached hydrogen (secondary N) is 2. The van der Waals surface area contributed by atoms with E-state index in [4.69, 9.17) is 5.21 Å². The molecule has 3 N–H and O–H groups in total. The van der Waals surface area contributed by atoms with Crippen molar-refractivity contribution in [3.63, 3.8) is 0 Å². The van der Waals surface area contributed by atoms with Crippen molar-refractivity contribution in [2.75, 3.05) is 0 Å². The summed E-state index contributed by atoms with van der Waals surface area (Å²) in [6.45, 7) is 0.0242. The lowest BCUT2D eigenvalue weighted by Crippen LogP contribution is -2.37. The number of rotatable bonds is 5. The normalized spacial score (nSPS) is 12.0. The van der Waals surface area contributed by atoms with Crippen LogP contribution in [0.25, 0.3) is 10.9 Å². The number of nitrogens with zero attached hydrogens (tertiary/aromatic N) is 1. The van der Waals surface area contributed by atoms with Gasteiger partial charge in [0.15, 0.2) is 0 Å². The van der Waals surface area contributed by atoms with Gasteiger partial charge in [0.1, 0.15) is 0 Å². The Morgan fingerprint density at radius 1 is 1.08 bits per heavy atom. The molecule has 0 aliphatic rings. The number of hydrogen-bond acceptors (Lipinski definition) is 4. The average molecular weight is 339 g/mol. The Hall–Kier alpha value is -3.19. The third-order valence-corrected chi connectivity index (χ3v) is 4.12. The van der Waals surface area contributed by atoms with Gasteiger partial charge in [0.25, 0.3) is 5.56 Å². The summed E-state index contributed by atoms with van der Waals surface area (Å²) in [5.74, 6) is -1.02. The van der Waals surface area contributed by atoms with Crippen molar-refractivity contribution in [1.29, 1.82) is 0 Å². The summed E-state index contributed by atoms with van der Waals surface area (Å²) >= 11 is 0. The van der Waals surface area contributed by atoms with E-state index in [1.54, 1.807) is 29.7 Å². The standard InChI is InChI=1S/C18H17N3O4/c22-16(20-25)10-13(12-6-2-1-3-7-12)11-21-17(23)14-8-4-5-9-15(14)19-18(21)24/h1-9,13,25H,10-11H2,(H,19,24)(H,20,22). The molecule has 25 heavy (non-hydrogen) atoms. The van der Waals surface area contributed by atoms with E-state index in [0.29, 0.717) is 10.9 Å². The number of H-pyrrole nitrogens is 1. The summed E-state index contributed by atoms with van der Waals surface area (Å²) < 4.78 is 1.09. The lowest BCUT2D eigenvalue weighted by atomic mass is 9.95. The topological polar surface area (TPSA) is 104 Å². The molecule has 1 atom stereocenters. The molecule has 0 aliphatic heterocycles. The van der Waals surface area contributed by atoms with Gasteiger partial charge in [0, 0.05) is 18.9 Å². The lowest BCUT2D eigenvalue weighted by molar-refractivity contribution is -0.129. The summed E-state index contributed by atoms with van der Waals surface area (Å²) in [5.41, 5.74) is 1.92. The molecule has 3 rings (SSSR count). The van der Waals surface area contributed by atoms with Gasteiger partial charge in [-0.2, -0.15) is 0 Å². The van der Waals surface area contributed by atoms with E-state index in [1.165, 1.54) is 0 Å². The molecule has 7 nitrogen and oxygen atoms in total. The largest absolute Gasteiger partial charge is 0.328 e. The zero-order valence-corrected chi connectivity index (χ0v) is 13.3. The fourth-order valence-corrected chi connectivity index (χ4v) is 2.87. The Balaban J connectivity index is 2.05. The van der Waals surface area contributed by atoms with Crippen molar-refractivity contribution in [2.45, 2.75) is 18.9 Å². The lowest BCUT2D eigenvalue weighted by Gasteiger charge is -2.17. The highest BCUT2D eigenvalue weighted by atomic mass is 16.5. The maximum Gasteiger partial charge on any atom is 0.328 e. The van der Waals surface area contributed by atoms with E-state index in [2.05, 4.69) is 4.98 Å². The van der Waals surface area contributed by atoms with Crippen molar-refractivity contribution in [3.8, 4) is 0 Å². The van der Waals surface area contributed by atoms with Gasteiger partial charge in [-0.15, -0.1) is 0 Å². The van der Waals surface area contributed by atoms with Crippen LogP contribution in [0.5, 0.6) is 0 Å². The van der Waals surface area contributed by atoms with Crippen LogP contribution >= 0.6 is 0 Å². The van der Waals surface area contributed by atoms with Crippen molar-refractivity contribution < 1.29 is 10.0 Å². The molecule has 0 saturated carbocycles. The Morgan fingerprint density at radius 2 is 1.76 bits per heavy atom. The monoisotopic (exact) mass is 339 g/mol. The first-order valence-corrected chi connectivity index (χ1v) is 7.80. The summed E-state index contributed by atoms with van der Waals surface area (Å²) in [4.78, 5) is 39.3. The predicted octanol–water partition coefficient (Wildman–Crippen LogP) is 1.37. The maximum atomic E-state index is 12.7. The molecule has 128 valence electrons. The second kappa shape index (κ2) is 7.14. The number of hydroxylamine groups is 1. The predicted molar refractivity (Wildman–Crippen MR) is 92.6 cm³/mol. The molecule has 1 unspecified atom stereocenters. The zero-order valence-electron chi connectivity index (χ0n) is 13.3. The molecule has 0 saturated heterocycles. The van der Waals surface area contributed by atoms with Crippen molar-refractivity contribution >= 4 is 16.8 Å². The summed E-state index contributed by atoms with van der Waals surface area (Å²) in [6.07, 6.45) is -0.0563.